The molecule has 0 spiro atoms. The van der Waals surface area contributed by atoms with Gasteiger partial charge in [-0.3, -0.25) is 4.90 Å². The van der Waals surface area contributed by atoms with Crippen LogP contribution in [0.5, 0.6) is 0 Å². The third-order valence-corrected chi connectivity index (χ3v) is 3.66. The van der Waals surface area contributed by atoms with Gasteiger partial charge in [0.2, 0.25) is 0 Å². The Morgan fingerprint density at radius 2 is 2.15 bits per heavy atom. The second-order valence-corrected chi connectivity index (χ2v) is 4.32. The molecule has 2 heteroatoms. The quantitative estimate of drug-likeness (QED) is 0.717. The van der Waals surface area contributed by atoms with E-state index in [9.17, 15) is 0 Å². The summed E-state index contributed by atoms with van der Waals surface area (Å²) >= 11 is 0. The molecule has 0 aromatic carbocycles. The third kappa shape index (κ3) is 2.44. The van der Waals surface area contributed by atoms with Crippen LogP contribution in [0.3, 0.4) is 0 Å². The molecule has 0 aliphatic heterocycles. The monoisotopic (exact) mass is 184 g/mol. The Morgan fingerprint density at radius 1 is 1.46 bits per heavy atom. The predicted molar refractivity (Wildman–Crippen MR) is 58.0 cm³/mol. The highest BCUT2D eigenvalue weighted by molar-refractivity contribution is 4.89. The first-order valence-electron chi connectivity index (χ1n) is 5.59. The van der Waals surface area contributed by atoms with E-state index in [2.05, 4.69) is 38.2 Å². The summed E-state index contributed by atoms with van der Waals surface area (Å²) in [7, 11) is 4.36. The number of likely N-dealkylation sites (N-methyl/N-ethyl adjacent to an activating group) is 2. The van der Waals surface area contributed by atoms with Crippen LogP contribution in [0, 0.1) is 0 Å². The number of rotatable bonds is 4. The molecule has 0 heterocycles. The van der Waals surface area contributed by atoms with Crippen LogP contribution in [0.2, 0.25) is 0 Å². The summed E-state index contributed by atoms with van der Waals surface area (Å²) in [4.78, 5) is 2.55. The maximum absolute atomic E-state index is 3.43. The fraction of sp³-hybridized carbons (Fsp3) is 1.00. The zero-order valence-corrected chi connectivity index (χ0v) is 9.51. The molecule has 3 unspecified atom stereocenters. The molecular formula is C11H24N2. The molecule has 13 heavy (non-hydrogen) atoms. The number of nitrogens with zero attached hydrogens (tertiary/aromatic N) is 1. The second kappa shape index (κ2) is 4.97. The molecule has 0 aromatic rings. The fourth-order valence-electron chi connectivity index (χ4n) is 2.38. The largest absolute Gasteiger partial charge is 0.315 e. The lowest BCUT2D eigenvalue weighted by Crippen LogP contribution is -2.47. The van der Waals surface area contributed by atoms with Gasteiger partial charge in [0.15, 0.2) is 0 Å². The van der Waals surface area contributed by atoms with Gasteiger partial charge in [0.1, 0.15) is 0 Å². The van der Waals surface area contributed by atoms with Crippen LogP contribution in [0.4, 0.5) is 0 Å². The third-order valence-electron chi connectivity index (χ3n) is 3.66. The van der Waals surface area contributed by atoms with Crippen LogP contribution >= 0.6 is 0 Å². The number of nitrogens with one attached hydrogen (secondary N) is 1. The molecule has 1 fully saturated rings. The van der Waals surface area contributed by atoms with Crippen LogP contribution in [-0.4, -0.2) is 37.1 Å². The van der Waals surface area contributed by atoms with E-state index >= 15 is 0 Å². The molecule has 0 saturated heterocycles. The number of hydrogen-bond donors (Lipinski definition) is 1. The minimum atomic E-state index is 0.721. The minimum Gasteiger partial charge on any atom is -0.315 e. The van der Waals surface area contributed by atoms with Gasteiger partial charge >= 0.3 is 0 Å². The van der Waals surface area contributed by atoms with Gasteiger partial charge in [-0.1, -0.05) is 13.3 Å². The van der Waals surface area contributed by atoms with Crippen molar-refractivity contribution >= 4 is 0 Å². The first-order valence-corrected chi connectivity index (χ1v) is 5.59. The van der Waals surface area contributed by atoms with Gasteiger partial charge in [-0.2, -0.15) is 0 Å². The molecule has 0 bridgehead atoms. The number of hydrogen-bond acceptors (Lipinski definition) is 2. The van der Waals surface area contributed by atoms with E-state index in [1.54, 1.807) is 0 Å². The molecule has 1 saturated carbocycles. The van der Waals surface area contributed by atoms with E-state index in [1.165, 1.54) is 25.7 Å². The molecule has 78 valence electrons. The summed E-state index contributed by atoms with van der Waals surface area (Å²) in [5, 5.41) is 3.43. The Hall–Kier alpha value is -0.0800. The first-order chi connectivity index (χ1) is 6.20. The van der Waals surface area contributed by atoms with E-state index in [0.717, 1.165) is 18.1 Å². The normalized spacial score (nSPS) is 31.2. The second-order valence-electron chi connectivity index (χ2n) is 4.32. The zero-order chi connectivity index (χ0) is 9.84. The van der Waals surface area contributed by atoms with Crippen LogP contribution < -0.4 is 5.32 Å². The molecule has 2 nitrogen and oxygen atoms in total. The van der Waals surface area contributed by atoms with Crippen molar-refractivity contribution in [1.29, 1.82) is 0 Å². The first kappa shape index (κ1) is 11.0. The van der Waals surface area contributed by atoms with Gasteiger partial charge in [0, 0.05) is 18.1 Å². The lowest BCUT2D eigenvalue weighted by molar-refractivity contribution is 0.161. The highest BCUT2D eigenvalue weighted by Crippen LogP contribution is 2.24. The van der Waals surface area contributed by atoms with E-state index in [-0.39, 0.29) is 0 Å². The van der Waals surface area contributed by atoms with Crippen molar-refractivity contribution in [3.05, 3.63) is 0 Å². The summed E-state index contributed by atoms with van der Waals surface area (Å²) in [5.74, 6) is 0. The summed E-state index contributed by atoms with van der Waals surface area (Å²) in [6, 6.07) is 2.21. The highest BCUT2D eigenvalue weighted by atomic mass is 15.2. The Balaban J connectivity index is 2.49. The Labute approximate surface area is 82.7 Å². The van der Waals surface area contributed by atoms with Gasteiger partial charge in [-0.25, -0.2) is 0 Å². The summed E-state index contributed by atoms with van der Waals surface area (Å²) < 4.78 is 0. The molecule has 0 radical (unpaired) electrons. The van der Waals surface area contributed by atoms with Crippen molar-refractivity contribution in [2.24, 2.45) is 0 Å². The minimum absolute atomic E-state index is 0.721. The Kier molecular flexibility index (Phi) is 4.20. The summed E-state index contributed by atoms with van der Waals surface area (Å²) in [6.07, 6.45) is 5.36. The van der Waals surface area contributed by atoms with Crippen molar-refractivity contribution in [1.82, 2.24) is 10.2 Å². The molecule has 1 aliphatic carbocycles. The predicted octanol–water partition coefficient (Wildman–Crippen LogP) is 1.86. The standard InChI is InChI=1S/C11H24N2/c1-5-9(2)13(4)11-8-6-7-10(11)12-3/h9-12H,5-8H2,1-4H3. The summed E-state index contributed by atoms with van der Waals surface area (Å²) in [5.41, 5.74) is 0. The SMILES string of the molecule is CCC(C)N(C)C1CCCC1NC. The molecule has 1 aliphatic rings. The van der Waals surface area contributed by atoms with E-state index < -0.39 is 0 Å². The lowest BCUT2D eigenvalue weighted by atomic mass is 10.1. The van der Waals surface area contributed by atoms with Crippen molar-refractivity contribution in [3.63, 3.8) is 0 Å². The average Bonchev–Trinajstić information content (AvgIpc) is 2.62. The summed E-state index contributed by atoms with van der Waals surface area (Å²) in [6.45, 7) is 4.59. The van der Waals surface area contributed by atoms with Gasteiger partial charge in [-0.15, -0.1) is 0 Å². The molecular weight excluding hydrogens is 160 g/mol. The molecule has 1 N–H and O–H groups in total. The van der Waals surface area contributed by atoms with Crippen LogP contribution in [0.25, 0.3) is 0 Å². The Morgan fingerprint density at radius 3 is 2.69 bits per heavy atom. The fourth-order valence-corrected chi connectivity index (χ4v) is 2.38. The highest BCUT2D eigenvalue weighted by Gasteiger charge is 2.30. The van der Waals surface area contributed by atoms with Crippen LogP contribution in [0.1, 0.15) is 39.5 Å². The Bertz CT molecular complexity index is 147. The van der Waals surface area contributed by atoms with Gasteiger partial charge in [0.25, 0.3) is 0 Å². The van der Waals surface area contributed by atoms with E-state index in [0.29, 0.717) is 0 Å². The van der Waals surface area contributed by atoms with Gasteiger partial charge in [-0.05, 0) is 40.3 Å². The molecule has 1 rings (SSSR count). The zero-order valence-electron chi connectivity index (χ0n) is 9.51. The molecule has 0 aromatic heterocycles. The molecule has 3 atom stereocenters. The lowest BCUT2D eigenvalue weighted by Gasteiger charge is -2.33. The van der Waals surface area contributed by atoms with Crippen molar-refractivity contribution in [2.75, 3.05) is 14.1 Å². The van der Waals surface area contributed by atoms with Crippen molar-refractivity contribution < 1.29 is 0 Å². The average molecular weight is 184 g/mol. The van der Waals surface area contributed by atoms with Gasteiger partial charge in [0.05, 0.1) is 0 Å². The van der Waals surface area contributed by atoms with E-state index in [4.69, 9.17) is 0 Å². The topological polar surface area (TPSA) is 15.3 Å². The van der Waals surface area contributed by atoms with E-state index in [1.807, 2.05) is 0 Å². The smallest absolute Gasteiger partial charge is 0.0249 e. The maximum Gasteiger partial charge on any atom is 0.0249 e. The van der Waals surface area contributed by atoms with Crippen molar-refractivity contribution in [3.8, 4) is 0 Å². The molecule has 0 amide bonds. The van der Waals surface area contributed by atoms with Crippen molar-refractivity contribution in [2.45, 2.75) is 57.7 Å². The maximum atomic E-state index is 3.43. The van der Waals surface area contributed by atoms with Crippen LogP contribution in [-0.2, 0) is 0 Å². The van der Waals surface area contributed by atoms with Gasteiger partial charge < -0.3 is 5.32 Å². The van der Waals surface area contributed by atoms with Crippen LogP contribution in [0.15, 0.2) is 0 Å².